The molecule has 0 saturated heterocycles. The van der Waals surface area contributed by atoms with E-state index in [0.717, 1.165) is 6.29 Å². The molecule has 3 heteroatoms. The predicted octanol–water partition coefficient (Wildman–Crippen LogP) is 1.86. The second-order valence-electron chi connectivity index (χ2n) is 2.88. The Morgan fingerprint density at radius 1 is 1.36 bits per heavy atom. The maximum Gasteiger partial charge on any atom is 0.159 e. The highest BCUT2D eigenvalue weighted by Gasteiger charge is 1.98. The lowest BCUT2D eigenvalue weighted by Gasteiger charge is -2.03. The van der Waals surface area contributed by atoms with E-state index in [1.54, 1.807) is 24.3 Å². The molecular weight excluding hydrogens is 180 g/mol. The zero-order valence-corrected chi connectivity index (χ0v) is 8.03. The third-order valence-electron chi connectivity index (χ3n) is 1.77. The first-order valence-electron chi connectivity index (χ1n) is 4.41. The molecule has 0 bridgehead atoms. The molecule has 0 aromatic heterocycles. The lowest BCUT2D eigenvalue weighted by atomic mass is 10.1. The van der Waals surface area contributed by atoms with Gasteiger partial charge in [0.2, 0.25) is 0 Å². The van der Waals surface area contributed by atoms with E-state index in [1.165, 1.54) is 6.92 Å². The van der Waals surface area contributed by atoms with Crippen LogP contribution in [0.5, 0.6) is 5.75 Å². The van der Waals surface area contributed by atoms with Crippen LogP contribution in [-0.4, -0.2) is 18.7 Å². The monoisotopic (exact) mass is 192 g/mol. The maximum absolute atomic E-state index is 10.9. The Bertz CT molecular complexity index is 314. The van der Waals surface area contributed by atoms with E-state index in [2.05, 4.69) is 0 Å². The maximum atomic E-state index is 10.9. The quantitative estimate of drug-likeness (QED) is 0.406. The van der Waals surface area contributed by atoms with Gasteiger partial charge < -0.3 is 9.53 Å². The van der Waals surface area contributed by atoms with Crippen molar-refractivity contribution in [1.82, 2.24) is 0 Å². The van der Waals surface area contributed by atoms with E-state index in [1.807, 2.05) is 0 Å². The molecule has 0 fully saturated rings. The smallest absolute Gasteiger partial charge is 0.159 e. The van der Waals surface area contributed by atoms with Gasteiger partial charge in [0.05, 0.1) is 6.61 Å². The van der Waals surface area contributed by atoms with Gasteiger partial charge in [0.15, 0.2) is 5.78 Å². The molecule has 74 valence electrons. The number of aldehydes is 1. The molecule has 0 radical (unpaired) electrons. The summed E-state index contributed by atoms with van der Waals surface area (Å²) >= 11 is 0. The van der Waals surface area contributed by atoms with Crippen molar-refractivity contribution in [3.05, 3.63) is 29.8 Å². The van der Waals surface area contributed by atoms with Gasteiger partial charge in [-0.2, -0.15) is 0 Å². The van der Waals surface area contributed by atoms with Crippen molar-refractivity contribution in [2.75, 3.05) is 6.61 Å². The lowest BCUT2D eigenvalue weighted by molar-refractivity contribution is -0.108. The van der Waals surface area contributed by atoms with E-state index >= 15 is 0 Å². The van der Waals surface area contributed by atoms with Crippen LogP contribution >= 0.6 is 0 Å². The van der Waals surface area contributed by atoms with Crippen molar-refractivity contribution in [1.29, 1.82) is 0 Å². The summed E-state index contributed by atoms with van der Waals surface area (Å²) in [5, 5.41) is 0. The molecule has 1 rings (SSSR count). The molecule has 0 heterocycles. The van der Waals surface area contributed by atoms with E-state index in [-0.39, 0.29) is 5.78 Å². The summed E-state index contributed by atoms with van der Waals surface area (Å²) in [6.45, 7) is 1.89. The Kier molecular flexibility index (Phi) is 3.85. The van der Waals surface area contributed by atoms with Gasteiger partial charge in [-0.05, 0) is 31.2 Å². The number of hydrogen-bond donors (Lipinski definition) is 0. The number of ether oxygens (including phenoxy) is 1. The summed E-state index contributed by atoms with van der Waals surface area (Å²) in [6, 6.07) is 6.86. The third-order valence-corrected chi connectivity index (χ3v) is 1.77. The first kappa shape index (κ1) is 10.4. The third kappa shape index (κ3) is 3.01. The first-order valence-corrected chi connectivity index (χ1v) is 4.41. The number of ketones is 1. The zero-order valence-electron chi connectivity index (χ0n) is 8.03. The molecule has 0 aliphatic carbocycles. The van der Waals surface area contributed by atoms with Crippen molar-refractivity contribution >= 4 is 12.1 Å². The molecule has 0 unspecified atom stereocenters. The molecule has 0 aliphatic rings. The Hall–Kier alpha value is -1.64. The van der Waals surface area contributed by atoms with Gasteiger partial charge in [-0.15, -0.1) is 0 Å². The minimum absolute atomic E-state index is 0.0319. The van der Waals surface area contributed by atoms with Gasteiger partial charge in [-0.25, -0.2) is 0 Å². The van der Waals surface area contributed by atoms with Crippen molar-refractivity contribution in [3.63, 3.8) is 0 Å². The normalized spacial score (nSPS) is 9.50. The number of Topliss-reactive ketones (excluding diaryl/α,β-unsaturated/α-hetero) is 1. The molecular formula is C11H12O3. The molecule has 0 aliphatic heterocycles. The van der Waals surface area contributed by atoms with Crippen LogP contribution in [0.2, 0.25) is 0 Å². The van der Waals surface area contributed by atoms with Crippen LogP contribution < -0.4 is 4.74 Å². The van der Waals surface area contributed by atoms with Crippen LogP contribution in [0.1, 0.15) is 23.7 Å². The molecule has 1 aromatic rings. The van der Waals surface area contributed by atoms with Crippen molar-refractivity contribution in [3.8, 4) is 5.75 Å². The number of carbonyl (C=O) groups is 2. The highest BCUT2D eigenvalue weighted by Crippen LogP contribution is 2.12. The highest BCUT2D eigenvalue weighted by molar-refractivity contribution is 5.94. The average molecular weight is 192 g/mol. The van der Waals surface area contributed by atoms with Crippen LogP contribution in [-0.2, 0) is 4.79 Å². The minimum atomic E-state index is 0.0319. The fraction of sp³-hybridized carbons (Fsp3) is 0.273. The van der Waals surface area contributed by atoms with Crippen LogP contribution in [0, 0.1) is 0 Å². The number of carbonyl (C=O) groups excluding carboxylic acids is 2. The lowest BCUT2D eigenvalue weighted by Crippen LogP contribution is -1.98. The van der Waals surface area contributed by atoms with Gasteiger partial charge in [-0.3, -0.25) is 4.79 Å². The van der Waals surface area contributed by atoms with E-state index < -0.39 is 0 Å². The fourth-order valence-corrected chi connectivity index (χ4v) is 1.01. The van der Waals surface area contributed by atoms with Crippen LogP contribution in [0.4, 0.5) is 0 Å². The molecule has 0 saturated carbocycles. The zero-order chi connectivity index (χ0) is 10.4. The molecule has 0 atom stereocenters. The molecule has 14 heavy (non-hydrogen) atoms. The molecule has 0 amide bonds. The Labute approximate surface area is 82.7 Å². The summed E-state index contributed by atoms with van der Waals surface area (Å²) in [4.78, 5) is 20.9. The number of benzene rings is 1. The van der Waals surface area contributed by atoms with Gasteiger partial charge in [-0.1, -0.05) is 0 Å². The molecule has 3 nitrogen and oxygen atoms in total. The summed E-state index contributed by atoms with van der Waals surface area (Å²) < 4.78 is 5.24. The van der Waals surface area contributed by atoms with Gasteiger partial charge in [0.25, 0.3) is 0 Å². The topological polar surface area (TPSA) is 43.4 Å². The SMILES string of the molecule is CC(=O)c1ccc(OCCC=O)cc1. The molecule has 0 N–H and O–H groups in total. The average Bonchev–Trinajstić information content (AvgIpc) is 2.19. The van der Waals surface area contributed by atoms with E-state index in [0.29, 0.717) is 24.3 Å². The second-order valence-corrected chi connectivity index (χ2v) is 2.88. The number of hydrogen-bond acceptors (Lipinski definition) is 3. The Morgan fingerprint density at radius 2 is 2.00 bits per heavy atom. The number of rotatable bonds is 5. The van der Waals surface area contributed by atoms with Crippen LogP contribution in [0.25, 0.3) is 0 Å². The first-order chi connectivity index (χ1) is 6.74. The van der Waals surface area contributed by atoms with Gasteiger partial charge >= 0.3 is 0 Å². The van der Waals surface area contributed by atoms with Crippen molar-refractivity contribution in [2.24, 2.45) is 0 Å². The van der Waals surface area contributed by atoms with Crippen molar-refractivity contribution in [2.45, 2.75) is 13.3 Å². The standard InChI is InChI=1S/C11H12O3/c1-9(13)10-3-5-11(6-4-10)14-8-2-7-12/h3-7H,2,8H2,1H3. The van der Waals surface area contributed by atoms with Gasteiger partial charge in [0, 0.05) is 12.0 Å². The minimum Gasteiger partial charge on any atom is -0.493 e. The summed E-state index contributed by atoms with van der Waals surface area (Å²) in [6.07, 6.45) is 1.19. The fourth-order valence-electron chi connectivity index (χ4n) is 1.01. The summed E-state index contributed by atoms with van der Waals surface area (Å²) in [5.74, 6) is 0.710. The largest absolute Gasteiger partial charge is 0.493 e. The van der Waals surface area contributed by atoms with Crippen LogP contribution in [0.15, 0.2) is 24.3 Å². The van der Waals surface area contributed by atoms with E-state index in [4.69, 9.17) is 4.74 Å². The summed E-state index contributed by atoms with van der Waals surface area (Å²) in [5.41, 5.74) is 0.660. The predicted molar refractivity (Wildman–Crippen MR) is 52.6 cm³/mol. The second kappa shape index (κ2) is 5.17. The highest BCUT2D eigenvalue weighted by atomic mass is 16.5. The van der Waals surface area contributed by atoms with Crippen molar-refractivity contribution < 1.29 is 14.3 Å². The Morgan fingerprint density at radius 3 is 2.50 bits per heavy atom. The molecule has 1 aromatic carbocycles. The van der Waals surface area contributed by atoms with Gasteiger partial charge in [0.1, 0.15) is 12.0 Å². The van der Waals surface area contributed by atoms with Crippen LogP contribution in [0.3, 0.4) is 0 Å². The Balaban J connectivity index is 2.55. The molecule has 0 spiro atoms. The summed E-state index contributed by atoms with van der Waals surface area (Å²) in [7, 11) is 0. The van der Waals surface area contributed by atoms with E-state index in [9.17, 15) is 9.59 Å².